The molecule has 1 rings (SSSR count). The molecule has 0 unspecified atom stereocenters. The van der Waals surface area contributed by atoms with Crippen molar-refractivity contribution in [2.75, 3.05) is 0 Å². The molecule has 0 bridgehead atoms. The smallest absolute Gasteiger partial charge is 0.419 e. The largest absolute Gasteiger partial charge is 0.443 e. The first-order chi connectivity index (χ1) is 5.49. The van der Waals surface area contributed by atoms with Crippen molar-refractivity contribution >= 4 is 6.09 Å². The second-order valence-electron chi connectivity index (χ2n) is 3.45. The maximum absolute atomic E-state index is 11.2. The Kier molecular flexibility index (Phi) is 2.17. The van der Waals surface area contributed by atoms with Crippen LogP contribution in [0.4, 0.5) is 4.79 Å². The van der Waals surface area contributed by atoms with Gasteiger partial charge in [-0.2, -0.15) is 0 Å². The molecule has 1 heterocycles. The highest BCUT2D eigenvalue weighted by Crippen LogP contribution is 2.08. The van der Waals surface area contributed by atoms with Crippen LogP contribution in [-0.2, 0) is 4.74 Å². The molecule has 0 fully saturated rings. The predicted molar refractivity (Wildman–Crippen MR) is 43.9 cm³/mol. The minimum absolute atomic E-state index is 0.403. The second kappa shape index (κ2) is 2.97. The molecule has 0 saturated carbocycles. The van der Waals surface area contributed by atoms with E-state index >= 15 is 0 Å². The van der Waals surface area contributed by atoms with Gasteiger partial charge >= 0.3 is 6.09 Å². The Morgan fingerprint density at radius 1 is 1.50 bits per heavy atom. The molecule has 4 heteroatoms. The molecule has 0 atom stereocenters. The molecule has 0 aromatic carbocycles. The van der Waals surface area contributed by atoms with Crippen LogP contribution in [0.15, 0.2) is 18.7 Å². The van der Waals surface area contributed by atoms with Gasteiger partial charge in [0.1, 0.15) is 11.9 Å². The van der Waals surface area contributed by atoms with E-state index in [1.807, 2.05) is 20.8 Å². The second-order valence-corrected chi connectivity index (χ2v) is 3.45. The van der Waals surface area contributed by atoms with Gasteiger partial charge in [0.25, 0.3) is 0 Å². The maximum Gasteiger partial charge on any atom is 0.419 e. The molecule has 0 radical (unpaired) electrons. The van der Waals surface area contributed by atoms with Gasteiger partial charge < -0.3 is 4.74 Å². The molecule has 0 saturated heterocycles. The molecule has 1 aromatic heterocycles. The zero-order chi connectivity index (χ0) is 9.19. The molecule has 12 heavy (non-hydrogen) atoms. The number of carbonyl (C=O) groups is 1. The van der Waals surface area contributed by atoms with Crippen molar-refractivity contribution in [3.63, 3.8) is 0 Å². The van der Waals surface area contributed by atoms with E-state index in [1.54, 1.807) is 6.20 Å². The Balaban J connectivity index is 2.63. The number of imidazole rings is 1. The molecule has 0 aliphatic carbocycles. The van der Waals surface area contributed by atoms with Crippen molar-refractivity contribution in [3.8, 4) is 0 Å². The number of hydrogen-bond donors (Lipinski definition) is 0. The molecule has 0 aliphatic rings. The van der Waals surface area contributed by atoms with Gasteiger partial charge in [0.15, 0.2) is 0 Å². The first kappa shape index (κ1) is 8.77. The van der Waals surface area contributed by atoms with Crippen molar-refractivity contribution in [1.29, 1.82) is 0 Å². The Morgan fingerprint density at radius 2 is 2.17 bits per heavy atom. The van der Waals surface area contributed by atoms with E-state index in [2.05, 4.69) is 4.98 Å². The molecule has 4 nitrogen and oxygen atoms in total. The lowest BCUT2D eigenvalue weighted by atomic mass is 10.2. The van der Waals surface area contributed by atoms with Crippen molar-refractivity contribution in [2.24, 2.45) is 0 Å². The van der Waals surface area contributed by atoms with Gasteiger partial charge in [-0.3, -0.25) is 0 Å². The average Bonchev–Trinajstić information content (AvgIpc) is 2.32. The van der Waals surface area contributed by atoms with Crippen LogP contribution in [0.25, 0.3) is 0 Å². The van der Waals surface area contributed by atoms with Crippen LogP contribution < -0.4 is 0 Å². The summed E-state index contributed by atoms with van der Waals surface area (Å²) in [6.45, 7) is 5.46. The fourth-order valence-electron chi connectivity index (χ4n) is 0.682. The predicted octanol–water partition coefficient (Wildman–Crippen LogP) is 1.67. The summed E-state index contributed by atoms with van der Waals surface area (Å²) < 4.78 is 6.36. The molecule has 1 aromatic rings. The summed E-state index contributed by atoms with van der Waals surface area (Å²) in [5, 5.41) is 0. The highest BCUT2D eigenvalue weighted by Gasteiger charge is 2.16. The quantitative estimate of drug-likeness (QED) is 0.591. The number of nitrogens with zero attached hydrogens (tertiary/aromatic N) is 2. The number of hydrogen-bond acceptors (Lipinski definition) is 3. The lowest BCUT2D eigenvalue weighted by Gasteiger charge is -2.18. The number of aromatic nitrogens is 2. The third-order valence-corrected chi connectivity index (χ3v) is 1.11. The highest BCUT2D eigenvalue weighted by molar-refractivity contribution is 5.70. The lowest BCUT2D eigenvalue weighted by molar-refractivity contribution is 0.0536. The van der Waals surface area contributed by atoms with Crippen LogP contribution in [0.5, 0.6) is 0 Å². The molecule has 0 aliphatic heterocycles. The van der Waals surface area contributed by atoms with E-state index < -0.39 is 11.7 Å². The molecule has 66 valence electrons. The number of rotatable bonds is 0. The van der Waals surface area contributed by atoms with E-state index in [1.165, 1.54) is 17.1 Å². The molecule has 0 amide bonds. The van der Waals surface area contributed by atoms with Crippen LogP contribution in [0.2, 0.25) is 0 Å². The zero-order valence-corrected chi connectivity index (χ0v) is 7.44. The van der Waals surface area contributed by atoms with E-state index in [-0.39, 0.29) is 0 Å². The summed E-state index contributed by atoms with van der Waals surface area (Å²) in [7, 11) is 0. The van der Waals surface area contributed by atoms with Gasteiger partial charge in [0.2, 0.25) is 0 Å². The van der Waals surface area contributed by atoms with Crippen molar-refractivity contribution in [2.45, 2.75) is 26.4 Å². The summed E-state index contributed by atoms with van der Waals surface area (Å²) in [4.78, 5) is 15.0. The van der Waals surface area contributed by atoms with Gasteiger partial charge in [0, 0.05) is 12.4 Å². The minimum atomic E-state index is -0.457. The number of ether oxygens (including phenoxy) is 1. The molecule has 0 spiro atoms. The molecular formula is C8H12N2O2. The normalized spacial score (nSPS) is 11.2. The highest BCUT2D eigenvalue weighted by atomic mass is 16.6. The van der Waals surface area contributed by atoms with Crippen LogP contribution in [0.3, 0.4) is 0 Å². The molecular weight excluding hydrogens is 156 g/mol. The first-order valence-corrected chi connectivity index (χ1v) is 3.70. The fraction of sp³-hybridized carbons (Fsp3) is 0.500. The van der Waals surface area contributed by atoms with Crippen LogP contribution in [0.1, 0.15) is 20.8 Å². The average molecular weight is 168 g/mol. The van der Waals surface area contributed by atoms with E-state index in [0.29, 0.717) is 0 Å². The summed E-state index contributed by atoms with van der Waals surface area (Å²) in [5.41, 5.74) is -0.457. The van der Waals surface area contributed by atoms with Crippen LogP contribution in [-0.4, -0.2) is 21.2 Å². The van der Waals surface area contributed by atoms with Gasteiger partial charge in [-0.05, 0) is 20.8 Å². The fourth-order valence-corrected chi connectivity index (χ4v) is 0.682. The van der Waals surface area contributed by atoms with Crippen LogP contribution >= 0.6 is 0 Å². The summed E-state index contributed by atoms with van der Waals surface area (Å²) in [5.74, 6) is 0. The Morgan fingerprint density at radius 3 is 2.58 bits per heavy atom. The third-order valence-electron chi connectivity index (χ3n) is 1.11. The third kappa shape index (κ3) is 2.38. The summed E-state index contributed by atoms with van der Waals surface area (Å²) >= 11 is 0. The minimum Gasteiger partial charge on any atom is -0.443 e. The topological polar surface area (TPSA) is 44.1 Å². The Labute approximate surface area is 71.2 Å². The van der Waals surface area contributed by atoms with Gasteiger partial charge in [-0.1, -0.05) is 0 Å². The standard InChI is InChI=1S/C8H12N2O2/c1-8(2,3)12-7(11)10-5-4-9-6-10/h4-6H,1-3H3. The summed E-state index contributed by atoms with van der Waals surface area (Å²) in [6.07, 6.45) is 4.09. The lowest BCUT2D eigenvalue weighted by Crippen LogP contribution is -2.26. The SMILES string of the molecule is CC(C)(C)OC(=O)n1ccnc1. The van der Waals surface area contributed by atoms with Crippen LogP contribution in [0, 0.1) is 0 Å². The van der Waals surface area contributed by atoms with Crippen molar-refractivity contribution in [1.82, 2.24) is 9.55 Å². The van der Waals surface area contributed by atoms with Gasteiger partial charge in [-0.25, -0.2) is 14.3 Å². The van der Waals surface area contributed by atoms with Gasteiger partial charge in [0.05, 0.1) is 0 Å². The number of carbonyl (C=O) groups excluding carboxylic acids is 1. The van der Waals surface area contributed by atoms with E-state index in [9.17, 15) is 4.79 Å². The zero-order valence-electron chi connectivity index (χ0n) is 7.44. The Hall–Kier alpha value is -1.32. The monoisotopic (exact) mass is 168 g/mol. The van der Waals surface area contributed by atoms with E-state index in [0.717, 1.165) is 0 Å². The molecule has 0 N–H and O–H groups in total. The van der Waals surface area contributed by atoms with E-state index in [4.69, 9.17) is 4.74 Å². The summed E-state index contributed by atoms with van der Waals surface area (Å²) in [6, 6.07) is 0. The maximum atomic E-state index is 11.2. The van der Waals surface area contributed by atoms with Crippen molar-refractivity contribution < 1.29 is 9.53 Å². The Bertz CT molecular complexity index is 259. The van der Waals surface area contributed by atoms with Gasteiger partial charge in [-0.15, -0.1) is 0 Å². The van der Waals surface area contributed by atoms with Crippen molar-refractivity contribution in [3.05, 3.63) is 18.7 Å². The first-order valence-electron chi connectivity index (χ1n) is 3.70.